The summed E-state index contributed by atoms with van der Waals surface area (Å²) >= 11 is 0. The van der Waals surface area contributed by atoms with Crippen molar-refractivity contribution in [2.75, 3.05) is 6.54 Å². The van der Waals surface area contributed by atoms with E-state index in [0.717, 1.165) is 11.1 Å². The van der Waals surface area contributed by atoms with Crippen LogP contribution in [0.2, 0.25) is 0 Å². The molecule has 4 heteroatoms. The zero-order valence-corrected chi connectivity index (χ0v) is 13.9. The largest absolute Gasteiger partial charge is 0.467 e. The number of hydrogen-bond donors (Lipinski definition) is 1. The fourth-order valence-corrected chi connectivity index (χ4v) is 2.76. The maximum Gasteiger partial charge on any atom is 0.246 e. The molecule has 4 nitrogen and oxygen atoms in total. The summed E-state index contributed by atoms with van der Waals surface area (Å²) in [5, 5.41) is 10.4. The van der Waals surface area contributed by atoms with Gasteiger partial charge < -0.3 is 14.4 Å². The summed E-state index contributed by atoms with van der Waals surface area (Å²) in [6, 6.07) is 13.3. The summed E-state index contributed by atoms with van der Waals surface area (Å²) in [5.74, 6) is 0.972. The number of carbonyl (C=O) groups is 1. The molecule has 0 spiro atoms. The molecule has 1 aliphatic carbocycles. The Kier molecular flexibility index (Phi) is 5.16. The van der Waals surface area contributed by atoms with Crippen LogP contribution < -0.4 is 0 Å². The van der Waals surface area contributed by atoms with E-state index in [0.29, 0.717) is 18.2 Å². The first-order chi connectivity index (χ1) is 11.6. The zero-order chi connectivity index (χ0) is 16.9. The molecule has 24 heavy (non-hydrogen) atoms. The van der Waals surface area contributed by atoms with Gasteiger partial charge in [-0.25, -0.2) is 0 Å². The fraction of sp³-hybridized carbons (Fsp3) is 0.350. The Morgan fingerprint density at radius 2 is 2.04 bits per heavy atom. The lowest BCUT2D eigenvalue weighted by Crippen LogP contribution is -2.33. The molecule has 1 amide bonds. The zero-order valence-electron chi connectivity index (χ0n) is 13.9. The van der Waals surface area contributed by atoms with Gasteiger partial charge in [0.2, 0.25) is 5.91 Å². The van der Waals surface area contributed by atoms with Crippen LogP contribution in [-0.2, 0) is 11.3 Å². The Morgan fingerprint density at radius 3 is 2.67 bits per heavy atom. The number of furan rings is 1. The molecular formula is C20H23NO3. The summed E-state index contributed by atoms with van der Waals surface area (Å²) < 4.78 is 5.25. The van der Waals surface area contributed by atoms with Gasteiger partial charge in [0.1, 0.15) is 11.9 Å². The van der Waals surface area contributed by atoms with E-state index in [4.69, 9.17) is 4.42 Å². The van der Waals surface area contributed by atoms with E-state index in [-0.39, 0.29) is 12.5 Å². The number of aliphatic hydroxyl groups excluding tert-OH is 1. The first-order valence-electron chi connectivity index (χ1n) is 8.36. The Bertz CT molecular complexity index is 687. The molecule has 1 N–H and O–H groups in total. The van der Waals surface area contributed by atoms with Crippen molar-refractivity contribution in [2.24, 2.45) is 5.92 Å². The van der Waals surface area contributed by atoms with Crippen LogP contribution in [0, 0.1) is 5.92 Å². The van der Waals surface area contributed by atoms with Gasteiger partial charge in [0.05, 0.1) is 12.8 Å². The van der Waals surface area contributed by atoms with Crippen molar-refractivity contribution < 1.29 is 14.3 Å². The highest BCUT2D eigenvalue weighted by atomic mass is 16.4. The maximum atomic E-state index is 12.7. The Morgan fingerprint density at radius 1 is 1.29 bits per heavy atom. The van der Waals surface area contributed by atoms with Crippen LogP contribution in [0.3, 0.4) is 0 Å². The van der Waals surface area contributed by atoms with E-state index in [1.165, 1.54) is 19.1 Å². The second-order valence-electron chi connectivity index (χ2n) is 6.40. The van der Waals surface area contributed by atoms with Crippen LogP contribution in [0.25, 0.3) is 0 Å². The van der Waals surface area contributed by atoms with Gasteiger partial charge in [-0.1, -0.05) is 35.9 Å². The second kappa shape index (κ2) is 7.49. The third-order valence-corrected chi connectivity index (χ3v) is 4.37. The molecular weight excluding hydrogens is 302 g/mol. The van der Waals surface area contributed by atoms with E-state index >= 15 is 0 Å². The molecule has 1 heterocycles. The number of carbonyl (C=O) groups excluding carboxylic acids is 1. The molecule has 0 radical (unpaired) electrons. The van der Waals surface area contributed by atoms with E-state index in [9.17, 15) is 9.90 Å². The van der Waals surface area contributed by atoms with Gasteiger partial charge in [-0.05, 0) is 43.4 Å². The van der Waals surface area contributed by atoms with Gasteiger partial charge >= 0.3 is 0 Å². The van der Waals surface area contributed by atoms with Crippen LogP contribution >= 0.6 is 0 Å². The number of rotatable bonds is 7. The summed E-state index contributed by atoms with van der Waals surface area (Å²) in [6.07, 6.45) is 4.75. The van der Waals surface area contributed by atoms with Crippen LogP contribution in [0.1, 0.15) is 37.2 Å². The molecule has 1 aromatic heterocycles. The highest BCUT2D eigenvalue weighted by Gasteiger charge is 2.25. The molecule has 1 saturated carbocycles. The fourth-order valence-electron chi connectivity index (χ4n) is 2.76. The quantitative estimate of drug-likeness (QED) is 0.790. The van der Waals surface area contributed by atoms with E-state index in [2.05, 4.69) is 0 Å². The molecule has 1 aromatic carbocycles. The smallest absolute Gasteiger partial charge is 0.246 e. The molecule has 3 rings (SSSR count). The molecule has 0 aliphatic heterocycles. The molecule has 1 aliphatic rings. The van der Waals surface area contributed by atoms with Crippen molar-refractivity contribution >= 4 is 5.91 Å². The van der Waals surface area contributed by atoms with E-state index in [1.807, 2.05) is 37.3 Å². The monoisotopic (exact) mass is 325 g/mol. The maximum absolute atomic E-state index is 12.7. The lowest BCUT2D eigenvalue weighted by atomic mass is 10.1. The Hall–Kier alpha value is -2.33. The lowest BCUT2D eigenvalue weighted by molar-refractivity contribution is -0.128. The topological polar surface area (TPSA) is 53.7 Å². The standard InChI is InChI=1S/C20H23NO3/c1-15(17-9-10-17)12-20(23)21(13-16-6-3-2-4-7-16)14-18(22)19-8-5-11-24-19/h2-8,11-12,17-18,22H,9-10,13-14H2,1H3/b15-12-. The normalized spacial score (nSPS) is 16.0. The highest BCUT2D eigenvalue weighted by Crippen LogP contribution is 2.36. The highest BCUT2D eigenvalue weighted by molar-refractivity contribution is 5.88. The average Bonchev–Trinajstić information content (AvgIpc) is 3.29. The predicted octanol–water partition coefficient (Wildman–Crippen LogP) is 3.70. The molecule has 0 saturated heterocycles. The first kappa shape index (κ1) is 16.5. The molecule has 2 aromatic rings. The minimum absolute atomic E-state index is 0.0612. The van der Waals surface area contributed by atoms with Crippen molar-refractivity contribution in [2.45, 2.75) is 32.4 Å². The summed E-state index contributed by atoms with van der Waals surface area (Å²) in [7, 11) is 0. The van der Waals surface area contributed by atoms with Crippen molar-refractivity contribution in [1.29, 1.82) is 0 Å². The Balaban J connectivity index is 1.74. The number of amides is 1. The van der Waals surface area contributed by atoms with Gasteiger partial charge in [-0.2, -0.15) is 0 Å². The van der Waals surface area contributed by atoms with E-state index < -0.39 is 6.10 Å². The number of aliphatic hydroxyl groups is 1. The van der Waals surface area contributed by atoms with Crippen molar-refractivity contribution in [3.05, 3.63) is 71.7 Å². The minimum Gasteiger partial charge on any atom is -0.467 e. The van der Waals surface area contributed by atoms with Gasteiger partial charge in [-0.3, -0.25) is 4.79 Å². The number of hydrogen-bond acceptors (Lipinski definition) is 3. The van der Waals surface area contributed by atoms with Gasteiger partial charge in [0.25, 0.3) is 0 Å². The van der Waals surface area contributed by atoms with Crippen molar-refractivity contribution in [3.63, 3.8) is 0 Å². The molecule has 1 fully saturated rings. The lowest BCUT2D eigenvalue weighted by Gasteiger charge is -2.24. The SMILES string of the molecule is C/C(=C/C(=O)N(Cc1ccccc1)CC(O)c1ccco1)C1CC1. The summed E-state index contributed by atoms with van der Waals surface area (Å²) in [4.78, 5) is 14.4. The van der Waals surface area contributed by atoms with Crippen molar-refractivity contribution in [3.8, 4) is 0 Å². The van der Waals surface area contributed by atoms with Gasteiger partial charge in [0, 0.05) is 12.6 Å². The summed E-state index contributed by atoms with van der Waals surface area (Å²) in [5.41, 5.74) is 2.17. The van der Waals surface area contributed by atoms with Crippen LogP contribution in [0.4, 0.5) is 0 Å². The van der Waals surface area contributed by atoms with Gasteiger partial charge in [-0.15, -0.1) is 0 Å². The second-order valence-corrected chi connectivity index (χ2v) is 6.40. The number of nitrogens with zero attached hydrogens (tertiary/aromatic N) is 1. The van der Waals surface area contributed by atoms with Gasteiger partial charge in [0.15, 0.2) is 0 Å². The van der Waals surface area contributed by atoms with Crippen LogP contribution in [-0.4, -0.2) is 22.5 Å². The Labute approximate surface area is 142 Å². The number of allylic oxidation sites excluding steroid dienone is 1. The van der Waals surface area contributed by atoms with Crippen LogP contribution in [0.15, 0.2) is 64.8 Å². The summed E-state index contributed by atoms with van der Waals surface area (Å²) in [6.45, 7) is 2.68. The van der Waals surface area contributed by atoms with E-state index in [1.54, 1.807) is 23.1 Å². The molecule has 1 unspecified atom stereocenters. The van der Waals surface area contributed by atoms with Crippen molar-refractivity contribution in [1.82, 2.24) is 4.90 Å². The minimum atomic E-state index is -0.831. The third kappa shape index (κ3) is 4.36. The first-order valence-corrected chi connectivity index (χ1v) is 8.36. The average molecular weight is 325 g/mol. The molecule has 0 bridgehead atoms. The van der Waals surface area contributed by atoms with Crippen LogP contribution in [0.5, 0.6) is 0 Å². The third-order valence-electron chi connectivity index (χ3n) is 4.37. The predicted molar refractivity (Wildman–Crippen MR) is 92.0 cm³/mol. The molecule has 126 valence electrons. The molecule has 1 atom stereocenters. The number of benzene rings is 1.